The highest BCUT2D eigenvalue weighted by atomic mass is 16.5. The van der Waals surface area contributed by atoms with Gasteiger partial charge in [0, 0.05) is 12.8 Å². The molecular formula is C18H27N2O3+. The molecule has 1 fully saturated rings. The number of hydrogen-bond donors (Lipinski definition) is 1. The predicted octanol–water partition coefficient (Wildman–Crippen LogP) is 2.66. The summed E-state index contributed by atoms with van der Waals surface area (Å²) >= 11 is 0. The Labute approximate surface area is 138 Å². The molecule has 1 aliphatic rings. The maximum atomic E-state index is 12.9. The summed E-state index contributed by atoms with van der Waals surface area (Å²) in [5, 5.41) is 3.01. The molecule has 0 unspecified atom stereocenters. The maximum absolute atomic E-state index is 12.9. The lowest BCUT2D eigenvalue weighted by Gasteiger charge is -2.36. The zero-order chi connectivity index (χ0) is 17.4. The van der Waals surface area contributed by atoms with Gasteiger partial charge < -0.3 is 14.5 Å². The van der Waals surface area contributed by atoms with Gasteiger partial charge >= 0.3 is 5.97 Å². The molecule has 0 saturated heterocycles. The van der Waals surface area contributed by atoms with Gasteiger partial charge in [0.25, 0.3) is 5.91 Å². The molecule has 0 bridgehead atoms. The summed E-state index contributed by atoms with van der Waals surface area (Å²) < 4.78 is 5.51. The Morgan fingerprint density at radius 3 is 2.35 bits per heavy atom. The van der Waals surface area contributed by atoms with E-state index in [1.807, 2.05) is 19.9 Å². The molecule has 1 aliphatic carbocycles. The van der Waals surface area contributed by atoms with Gasteiger partial charge in [0.05, 0.1) is 39.0 Å². The number of amides is 1. The number of nitrogens with one attached hydrogen (secondary N) is 1. The number of methoxy groups -OCH3 is 1. The number of aryl methyl sites for hydroxylation is 2. The first-order valence-electron chi connectivity index (χ1n) is 8.02. The van der Waals surface area contributed by atoms with E-state index in [2.05, 4.69) is 26.3 Å². The van der Waals surface area contributed by atoms with E-state index in [4.69, 9.17) is 4.74 Å². The lowest BCUT2D eigenvalue weighted by Crippen LogP contribution is -2.56. The third kappa shape index (κ3) is 2.98. The molecule has 5 heteroatoms. The van der Waals surface area contributed by atoms with E-state index in [1.54, 1.807) is 6.07 Å². The first kappa shape index (κ1) is 17.5. The molecule has 0 aliphatic heterocycles. The predicted molar refractivity (Wildman–Crippen MR) is 90.5 cm³/mol. The van der Waals surface area contributed by atoms with Crippen molar-refractivity contribution in [2.45, 2.75) is 39.2 Å². The highest BCUT2D eigenvalue weighted by Gasteiger charge is 2.62. The molecule has 23 heavy (non-hydrogen) atoms. The van der Waals surface area contributed by atoms with Gasteiger partial charge in [-0.3, -0.25) is 4.79 Å². The third-order valence-electron chi connectivity index (χ3n) is 5.22. The molecule has 0 radical (unpaired) electrons. The highest BCUT2D eigenvalue weighted by molar-refractivity contribution is 6.05. The van der Waals surface area contributed by atoms with Crippen LogP contribution in [0.2, 0.25) is 0 Å². The summed E-state index contributed by atoms with van der Waals surface area (Å²) in [6.45, 7) is 6.79. The smallest absolute Gasteiger partial charge is 0.339 e. The molecular weight excluding hydrogens is 292 g/mol. The molecule has 0 atom stereocenters. The number of hydrogen-bond acceptors (Lipinski definition) is 3. The number of carbonyl (C=O) groups is 2. The average Bonchev–Trinajstić information content (AvgIpc) is 3.30. The third-order valence-corrected chi connectivity index (χ3v) is 5.22. The number of rotatable bonds is 5. The lowest BCUT2D eigenvalue weighted by atomic mass is 10.0. The number of carbonyl (C=O) groups excluding carboxylic acids is 2. The van der Waals surface area contributed by atoms with Crippen molar-refractivity contribution in [3.63, 3.8) is 0 Å². The molecule has 5 nitrogen and oxygen atoms in total. The van der Waals surface area contributed by atoms with Crippen molar-refractivity contribution in [3.8, 4) is 0 Å². The monoisotopic (exact) mass is 319 g/mol. The van der Waals surface area contributed by atoms with Crippen LogP contribution in [0.1, 0.15) is 41.3 Å². The second kappa shape index (κ2) is 5.96. The Morgan fingerprint density at radius 2 is 1.87 bits per heavy atom. The number of esters is 1. The van der Waals surface area contributed by atoms with Crippen molar-refractivity contribution in [1.29, 1.82) is 0 Å². The molecule has 2 rings (SSSR count). The van der Waals surface area contributed by atoms with E-state index < -0.39 is 5.97 Å². The number of quaternary nitrogens is 1. The average molecular weight is 319 g/mol. The zero-order valence-electron chi connectivity index (χ0n) is 14.9. The fourth-order valence-corrected chi connectivity index (χ4v) is 3.16. The Bertz CT molecular complexity index is 646. The Morgan fingerprint density at radius 1 is 1.26 bits per heavy atom. The molecule has 0 aromatic heterocycles. The van der Waals surface area contributed by atoms with Crippen LogP contribution in [0, 0.1) is 13.8 Å². The molecule has 0 heterocycles. The maximum Gasteiger partial charge on any atom is 0.339 e. The van der Waals surface area contributed by atoms with Crippen molar-refractivity contribution in [2.75, 3.05) is 33.1 Å². The van der Waals surface area contributed by atoms with Crippen LogP contribution >= 0.6 is 0 Å². The number of likely N-dealkylation sites (N-methyl/N-ethyl adjacent to an activating group) is 1. The Kier molecular flexibility index (Phi) is 4.53. The van der Waals surface area contributed by atoms with E-state index in [0.717, 1.165) is 30.5 Å². The van der Waals surface area contributed by atoms with Gasteiger partial charge in [-0.15, -0.1) is 0 Å². The van der Waals surface area contributed by atoms with Crippen molar-refractivity contribution >= 4 is 17.6 Å². The number of nitrogens with zero attached hydrogens (tertiary/aromatic N) is 1. The summed E-state index contributed by atoms with van der Waals surface area (Å²) in [5.74, 6) is -0.442. The summed E-state index contributed by atoms with van der Waals surface area (Å²) in [6, 6.07) is 3.72. The standard InChI is InChI=1S/C18H26N2O3/c1-7-20(4,5)18(8-9-18)17(22)19-15-13(3)10-12(2)11-14(15)16(21)23-6/h10-11H,7-9H2,1-6H3/p+1. The minimum atomic E-state index is -0.429. The van der Waals surface area contributed by atoms with Gasteiger partial charge in [-0.2, -0.15) is 0 Å². The fourth-order valence-electron chi connectivity index (χ4n) is 3.16. The van der Waals surface area contributed by atoms with Gasteiger partial charge in [0.15, 0.2) is 5.54 Å². The van der Waals surface area contributed by atoms with E-state index in [0.29, 0.717) is 15.7 Å². The Balaban J connectivity index is 2.37. The topological polar surface area (TPSA) is 55.4 Å². The number of ether oxygens (including phenoxy) is 1. The number of benzene rings is 1. The molecule has 1 amide bonds. The van der Waals surface area contributed by atoms with Gasteiger partial charge in [-0.25, -0.2) is 4.79 Å². The molecule has 126 valence electrons. The first-order chi connectivity index (χ1) is 10.7. The van der Waals surface area contributed by atoms with Crippen LogP contribution in [0.3, 0.4) is 0 Å². The molecule has 1 aromatic carbocycles. The van der Waals surface area contributed by atoms with Crippen LogP contribution in [0.5, 0.6) is 0 Å². The second-order valence-electron chi connectivity index (χ2n) is 6.98. The van der Waals surface area contributed by atoms with Crippen LogP contribution in [0.25, 0.3) is 0 Å². The highest BCUT2D eigenvalue weighted by Crippen LogP contribution is 2.46. The zero-order valence-corrected chi connectivity index (χ0v) is 14.9. The van der Waals surface area contributed by atoms with E-state index in [9.17, 15) is 9.59 Å². The van der Waals surface area contributed by atoms with E-state index >= 15 is 0 Å². The van der Waals surface area contributed by atoms with Gasteiger partial charge in [-0.1, -0.05) is 6.07 Å². The van der Waals surface area contributed by atoms with Gasteiger partial charge in [0.1, 0.15) is 0 Å². The van der Waals surface area contributed by atoms with Crippen LogP contribution in [-0.4, -0.2) is 49.6 Å². The molecule has 1 saturated carbocycles. The largest absolute Gasteiger partial charge is 0.465 e. The van der Waals surface area contributed by atoms with Crippen LogP contribution in [0.4, 0.5) is 5.69 Å². The van der Waals surface area contributed by atoms with Gasteiger partial charge in [0.2, 0.25) is 0 Å². The summed E-state index contributed by atoms with van der Waals surface area (Å²) in [6.07, 6.45) is 1.75. The van der Waals surface area contributed by atoms with Crippen molar-refractivity contribution in [3.05, 3.63) is 28.8 Å². The van der Waals surface area contributed by atoms with E-state index in [-0.39, 0.29) is 11.4 Å². The molecule has 0 spiro atoms. The summed E-state index contributed by atoms with van der Waals surface area (Å²) in [4.78, 5) is 25.0. The SMILES string of the molecule is CC[N+](C)(C)C1(C(=O)Nc2c(C)cc(C)cc2C(=O)OC)CC1. The fraction of sp³-hybridized carbons (Fsp3) is 0.556. The summed E-state index contributed by atoms with van der Waals surface area (Å²) in [5.41, 5.74) is 2.42. The normalized spacial score (nSPS) is 15.9. The quantitative estimate of drug-likeness (QED) is 0.670. The van der Waals surface area contributed by atoms with E-state index in [1.165, 1.54) is 7.11 Å². The van der Waals surface area contributed by atoms with Crippen molar-refractivity contribution in [1.82, 2.24) is 0 Å². The molecule has 1 aromatic rings. The van der Waals surface area contributed by atoms with Crippen LogP contribution in [0.15, 0.2) is 12.1 Å². The van der Waals surface area contributed by atoms with Crippen molar-refractivity contribution < 1.29 is 18.8 Å². The second-order valence-corrected chi connectivity index (χ2v) is 6.98. The molecule has 1 N–H and O–H groups in total. The number of anilines is 1. The first-order valence-corrected chi connectivity index (χ1v) is 8.02. The lowest BCUT2D eigenvalue weighted by molar-refractivity contribution is -0.914. The Hall–Kier alpha value is -1.88. The minimum absolute atomic E-state index is 0.0125. The van der Waals surface area contributed by atoms with Crippen LogP contribution < -0.4 is 5.32 Å². The van der Waals surface area contributed by atoms with Crippen molar-refractivity contribution in [2.24, 2.45) is 0 Å². The summed E-state index contributed by atoms with van der Waals surface area (Å²) in [7, 11) is 5.51. The minimum Gasteiger partial charge on any atom is -0.465 e. The van der Waals surface area contributed by atoms with Gasteiger partial charge in [-0.05, 0) is 38.0 Å². The van der Waals surface area contributed by atoms with Crippen LogP contribution in [-0.2, 0) is 9.53 Å².